The Balaban J connectivity index is 1.56. The summed E-state index contributed by atoms with van der Waals surface area (Å²) >= 11 is 3.29. The van der Waals surface area contributed by atoms with Gasteiger partial charge >= 0.3 is 6.01 Å². The summed E-state index contributed by atoms with van der Waals surface area (Å²) < 4.78 is 8.20. The first kappa shape index (κ1) is 15.0. The molecule has 0 aliphatic carbocycles. The zero-order valence-electron chi connectivity index (χ0n) is 11.9. The van der Waals surface area contributed by atoms with Gasteiger partial charge in [-0.05, 0) is 34.8 Å². The Morgan fingerprint density at radius 2 is 2.23 bits per heavy atom. The summed E-state index contributed by atoms with van der Waals surface area (Å²) in [4.78, 5) is 22.3. The van der Waals surface area contributed by atoms with Crippen LogP contribution in [0, 0.1) is 0 Å². The Bertz CT molecular complexity index is 617. The van der Waals surface area contributed by atoms with Gasteiger partial charge in [0.15, 0.2) is 0 Å². The maximum Gasteiger partial charge on any atom is 0.316 e. The molecular weight excluding hydrogens is 350 g/mol. The minimum absolute atomic E-state index is 0.0497. The quantitative estimate of drug-likeness (QED) is 0.820. The van der Waals surface area contributed by atoms with Crippen molar-refractivity contribution >= 4 is 21.8 Å². The molecule has 0 N–H and O–H groups in total. The molecule has 1 atom stereocenters. The number of carbonyl (C=O) groups is 1. The van der Waals surface area contributed by atoms with Crippen molar-refractivity contribution in [2.75, 3.05) is 13.1 Å². The Labute approximate surface area is 136 Å². The van der Waals surface area contributed by atoms with Crippen LogP contribution in [0.25, 0.3) is 0 Å². The summed E-state index contributed by atoms with van der Waals surface area (Å²) in [6.45, 7) is 1.56. The molecule has 8 heteroatoms. The van der Waals surface area contributed by atoms with Crippen LogP contribution in [-0.2, 0) is 11.3 Å². The fourth-order valence-electron chi connectivity index (χ4n) is 2.40. The Morgan fingerprint density at radius 1 is 1.41 bits per heavy atom. The number of likely N-dealkylation sites (tertiary alicyclic amines) is 1. The van der Waals surface area contributed by atoms with Crippen molar-refractivity contribution in [3.8, 4) is 6.01 Å². The molecule has 0 saturated carbocycles. The Morgan fingerprint density at radius 3 is 2.95 bits per heavy atom. The van der Waals surface area contributed by atoms with Crippen LogP contribution in [0.3, 0.4) is 0 Å². The zero-order valence-corrected chi connectivity index (χ0v) is 13.5. The molecule has 2 aromatic heterocycles. The molecule has 1 unspecified atom stereocenters. The van der Waals surface area contributed by atoms with Gasteiger partial charge < -0.3 is 9.64 Å². The molecule has 0 spiro atoms. The summed E-state index contributed by atoms with van der Waals surface area (Å²) in [5.74, 6) is 0.0497. The number of piperidine rings is 1. The highest BCUT2D eigenvalue weighted by atomic mass is 79.9. The van der Waals surface area contributed by atoms with Gasteiger partial charge in [0, 0.05) is 31.3 Å². The molecule has 22 heavy (non-hydrogen) atoms. The molecule has 0 radical (unpaired) electrons. The normalized spacial score (nSPS) is 18.2. The Hall–Kier alpha value is -1.96. The standard InChI is InChI=1S/C14H16BrN5O2/c15-11-7-16-14(17-8-11)22-12-3-1-5-19(9-12)13(21)10-20-6-2-4-18-20/h2,4,6-8,12H,1,3,5,9-10H2. The lowest BCUT2D eigenvalue weighted by Crippen LogP contribution is -2.45. The minimum Gasteiger partial charge on any atom is -0.458 e. The topological polar surface area (TPSA) is 73.1 Å². The van der Waals surface area contributed by atoms with Gasteiger partial charge in [-0.3, -0.25) is 9.48 Å². The number of hydrogen-bond acceptors (Lipinski definition) is 5. The van der Waals surface area contributed by atoms with E-state index in [1.165, 1.54) is 0 Å². The predicted octanol–water partition coefficient (Wildman–Crippen LogP) is 1.51. The molecule has 1 aliphatic rings. The summed E-state index contributed by atoms with van der Waals surface area (Å²) in [6, 6.07) is 2.15. The summed E-state index contributed by atoms with van der Waals surface area (Å²) in [5.41, 5.74) is 0. The lowest BCUT2D eigenvalue weighted by atomic mass is 10.1. The van der Waals surface area contributed by atoms with Crippen molar-refractivity contribution < 1.29 is 9.53 Å². The van der Waals surface area contributed by atoms with Gasteiger partial charge in [0.25, 0.3) is 0 Å². The molecule has 0 bridgehead atoms. The first-order valence-corrected chi connectivity index (χ1v) is 7.89. The van der Waals surface area contributed by atoms with Crippen LogP contribution < -0.4 is 4.74 Å². The molecule has 1 amide bonds. The van der Waals surface area contributed by atoms with E-state index in [0.29, 0.717) is 12.6 Å². The average molecular weight is 366 g/mol. The van der Waals surface area contributed by atoms with Gasteiger partial charge in [0.1, 0.15) is 12.6 Å². The highest BCUT2D eigenvalue weighted by Gasteiger charge is 2.25. The van der Waals surface area contributed by atoms with Gasteiger partial charge in [-0.25, -0.2) is 9.97 Å². The second-order valence-electron chi connectivity index (χ2n) is 5.11. The number of nitrogens with zero attached hydrogens (tertiary/aromatic N) is 5. The van der Waals surface area contributed by atoms with E-state index in [4.69, 9.17) is 4.74 Å². The fourth-order valence-corrected chi connectivity index (χ4v) is 2.61. The first-order valence-electron chi connectivity index (χ1n) is 7.10. The number of carbonyl (C=O) groups excluding carboxylic acids is 1. The molecular formula is C14H16BrN5O2. The van der Waals surface area contributed by atoms with Crippen molar-refractivity contribution in [1.82, 2.24) is 24.6 Å². The lowest BCUT2D eigenvalue weighted by molar-refractivity contribution is -0.134. The van der Waals surface area contributed by atoms with Gasteiger partial charge in [-0.2, -0.15) is 5.10 Å². The third-order valence-corrected chi connectivity index (χ3v) is 3.87. The minimum atomic E-state index is -0.0727. The van der Waals surface area contributed by atoms with Crippen molar-refractivity contribution in [2.45, 2.75) is 25.5 Å². The van der Waals surface area contributed by atoms with E-state index in [1.54, 1.807) is 35.5 Å². The number of ether oxygens (including phenoxy) is 1. The summed E-state index contributed by atoms with van der Waals surface area (Å²) in [6.07, 6.45) is 8.47. The predicted molar refractivity (Wildman–Crippen MR) is 82.2 cm³/mol. The van der Waals surface area contributed by atoms with E-state index in [-0.39, 0.29) is 18.6 Å². The van der Waals surface area contributed by atoms with Gasteiger partial charge in [0.05, 0.1) is 11.0 Å². The first-order chi connectivity index (χ1) is 10.7. The van der Waals surface area contributed by atoms with Crippen molar-refractivity contribution in [2.24, 2.45) is 0 Å². The molecule has 1 saturated heterocycles. The van der Waals surface area contributed by atoms with E-state index in [2.05, 4.69) is 31.0 Å². The molecule has 2 aromatic rings. The van der Waals surface area contributed by atoms with Crippen molar-refractivity contribution in [1.29, 1.82) is 0 Å². The maximum atomic E-state index is 12.3. The highest BCUT2D eigenvalue weighted by molar-refractivity contribution is 9.10. The number of amides is 1. The SMILES string of the molecule is O=C(Cn1cccn1)N1CCCC(Oc2ncc(Br)cn2)C1. The number of aromatic nitrogens is 4. The van der Waals surface area contributed by atoms with E-state index in [1.807, 2.05) is 4.90 Å². The smallest absolute Gasteiger partial charge is 0.316 e. The summed E-state index contributed by atoms with van der Waals surface area (Å²) in [7, 11) is 0. The monoisotopic (exact) mass is 365 g/mol. The second-order valence-corrected chi connectivity index (χ2v) is 6.03. The van der Waals surface area contributed by atoms with E-state index >= 15 is 0 Å². The van der Waals surface area contributed by atoms with Crippen LogP contribution in [0.4, 0.5) is 0 Å². The molecule has 1 fully saturated rings. The molecule has 7 nitrogen and oxygen atoms in total. The highest BCUT2D eigenvalue weighted by Crippen LogP contribution is 2.16. The van der Waals surface area contributed by atoms with Crippen LogP contribution in [-0.4, -0.2) is 49.7 Å². The van der Waals surface area contributed by atoms with Crippen LogP contribution in [0.5, 0.6) is 6.01 Å². The van der Waals surface area contributed by atoms with Crippen molar-refractivity contribution in [3.63, 3.8) is 0 Å². The van der Waals surface area contributed by atoms with Gasteiger partial charge in [-0.15, -0.1) is 0 Å². The summed E-state index contributed by atoms with van der Waals surface area (Å²) in [5, 5.41) is 4.06. The van der Waals surface area contributed by atoms with Gasteiger partial charge in [0.2, 0.25) is 5.91 Å². The molecule has 1 aliphatic heterocycles. The number of halogens is 1. The fraction of sp³-hybridized carbons (Fsp3) is 0.429. The molecule has 3 rings (SSSR count). The van der Waals surface area contributed by atoms with Crippen LogP contribution in [0.2, 0.25) is 0 Å². The number of rotatable bonds is 4. The second kappa shape index (κ2) is 6.87. The van der Waals surface area contributed by atoms with Crippen LogP contribution in [0.15, 0.2) is 35.3 Å². The number of hydrogen-bond donors (Lipinski definition) is 0. The van der Waals surface area contributed by atoms with E-state index in [9.17, 15) is 4.79 Å². The molecule has 0 aromatic carbocycles. The molecule has 116 valence electrons. The third-order valence-electron chi connectivity index (χ3n) is 3.46. The maximum absolute atomic E-state index is 12.3. The van der Waals surface area contributed by atoms with Crippen LogP contribution >= 0.6 is 15.9 Å². The zero-order chi connectivity index (χ0) is 15.4. The van der Waals surface area contributed by atoms with E-state index in [0.717, 1.165) is 23.9 Å². The third kappa shape index (κ3) is 3.82. The average Bonchev–Trinajstić information content (AvgIpc) is 3.03. The largest absolute Gasteiger partial charge is 0.458 e. The van der Waals surface area contributed by atoms with Crippen LogP contribution in [0.1, 0.15) is 12.8 Å². The van der Waals surface area contributed by atoms with Gasteiger partial charge in [-0.1, -0.05) is 0 Å². The molecule has 3 heterocycles. The van der Waals surface area contributed by atoms with Crippen molar-refractivity contribution in [3.05, 3.63) is 35.3 Å². The lowest BCUT2D eigenvalue weighted by Gasteiger charge is -2.32. The van der Waals surface area contributed by atoms with E-state index < -0.39 is 0 Å². The Kier molecular flexibility index (Phi) is 4.67.